The fourth-order valence-corrected chi connectivity index (χ4v) is 2.13. The number of carbonyl (C=O) groups is 3. The Bertz CT molecular complexity index is 628. The molecule has 1 amide bonds. The van der Waals surface area contributed by atoms with Gasteiger partial charge in [-0.15, -0.1) is 0 Å². The van der Waals surface area contributed by atoms with Gasteiger partial charge in [0.2, 0.25) is 5.91 Å². The maximum atomic E-state index is 11.4. The highest BCUT2D eigenvalue weighted by Crippen LogP contribution is 2.27. The fourth-order valence-electron chi connectivity index (χ4n) is 2.13. The summed E-state index contributed by atoms with van der Waals surface area (Å²) in [6.07, 6.45) is 2.18. The van der Waals surface area contributed by atoms with Crippen molar-refractivity contribution >= 4 is 29.7 Å². The quantitative estimate of drug-likeness (QED) is 0.657. The van der Waals surface area contributed by atoms with E-state index in [2.05, 4.69) is 27.7 Å². The highest BCUT2D eigenvalue weighted by molar-refractivity contribution is 6.21. The van der Waals surface area contributed by atoms with Crippen molar-refractivity contribution in [2.45, 2.75) is 40.5 Å². The number of nitrogens with zero attached hydrogens (tertiary/aromatic N) is 1. The van der Waals surface area contributed by atoms with Crippen molar-refractivity contribution in [3.05, 3.63) is 29.3 Å². The van der Waals surface area contributed by atoms with E-state index in [9.17, 15) is 14.4 Å². The monoisotopic (exact) mass is 364 g/mol. The van der Waals surface area contributed by atoms with Gasteiger partial charge in [0.15, 0.2) is 0 Å². The second kappa shape index (κ2) is 12.6. The lowest BCUT2D eigenvalue weighted by molar-refractivity contribution is -0.140. The van der Waals surface area contributed by atoms with Crippen molar-refractivity contribution in [3.8, 4) is 0 Å². The Morgan fingerprint density at radius 1 is 1.19 bits per heavy atom. The Morgan fingerprint density at radius 3 is 2.23 bits per heavy atom. The van der Waals surface area contributed by atoms with Crippen LogP contribution < -0.4 is 4.90 Å². The van der Waals surface area contributed by atoms with Gasteiger partial charge in [-0.2, -0.15) is 0 Å². The molecule has 0 radical (unpaired) electrons. The molecule has 7 heteroatoms. The van der Waals surface area contributed by atoms with E-state index >= 15 is 0 Å². The van der Waals surface area contributed by atoms with Crippen LogP contribution in [0.5, 0.6) is 0 Å². The van der Waals surface area contributed by atoms with Gasteiger partial charge in [0.25, 0.3) is 0 Å². The zero-order valence-electron chi connectivity index (χ0n) is 16.1. The molecule has 0 aliphatic carbocycles. The van der Waals surface area contributed by atoms with Crippen molar-refractivity contribution < 1.29 is 23.9 Å². The molecule has 0 unspecified atom stereocenters. The van der Waals surface area contributed by atoms with E-state index in [-0.39, 0.29) is 11.9 Å². The largest absolute Gasteiger partial charge is 0.466 e. The molecule has 1 N–H and O–H groups in total. The maximum absolute atomic E-state index is 11.4. The minimum Gasteiger partial charge on any atom is -0.466 e. The topological polar surface area (TPSA) is 96.8 Å². The van der Waals surface area contributed by atoms with Crippen LogP contribution in [0.1, 0.15) is 38.3 Å². The first-order valence-corrected chi connectivity index (χ1v) is 8.43. The van der Waals surface area contributed by atoms with Crippen molar-refractivity contribution in [3.63, 3.8) is 0 Å². The summed E-state index contributed by atoms with van der Waals surface area (Å²) in [6.45, 7) is 7.74. The molecular weight excluding hydrogens is 336 g/mol. The van der Waals surface area contributed by atoms with E-state index in [1.54, 1.807) is 18.7 Å². The molecule has 7 nitrogen and oxygen atoms in total. The summed E-state index contributed by atoms with van der Waals surface area (Å²) in [5, 5.41) is 6.31. The van der Waals surface area contributed by atoms with E-state index < -0.39 is 5.97 Å². The Morgan fingerprint density at radius 2 is 1.81 bits per heavy atom. The number of esters is 2. The lowest BCUT2D eigenvalue weighted by Gasteiger charge is -2.25. The van der Waals surface area contributed by atoms with Gasteiger partial charge in [-0.3, -0.25) is 9.59 Å². The maximum Gasteiger partial charge on any atom is 0.348 e. The van der Waals surface area contributed by atoms with E-state index in [0.717, 1.165) is 12.1 Å². The van der Waals surface area contributed by atoms with Crippen molar-refractivity contribution in [1.29, 1.82) is 5.41 Å². The predicted octanol–water partition coefficient (Wildman–Crippen LogP) is 2.67. The van der Waals surface area contributed by atoms with Crippen molar-refractivity contribution in [1.82, 2.24) is 0 Å². The smallest absolute Gasteiger partial charge is 0.348 e. The summed E-state index contributed by atoms with van der Waals surface area (Å²) in [4.78, 5) is 32.9. The van der Waals surface area contributed by atoms with Crippen LogP contribution in [0.15, 0.2) is 18.2 Å². The highest BCUT2D eigenvalue weighted by atomic mass is 16.5. The number of aryl methyl sites for hydroxylation is 2. The highest BCUT2D eigenvalue weighted by Gasteiger charge is 2.19. The Labute approximate surface area is 154 Å². The molecule has 1 aliphatic rings. The van der Waals surface area contributed by atoms with Crippen LogP contribution in [0.25, 0.3) is 0 Å². The molecule has 0 aromatic heterocycles. The molecule has 0 bridgehead atoms. The third-order valence-electron chi connectivity index (χ3n) is 3.34. The van der Waals surface area contributed by atoms with Crippen molar-refractivity contribution in [2.75, 3.05) is 25.2 Å². The third kappa shape index (κ3) is 8.96. The Hall–Kier alpha value is -2.70. The molecule has 144 valence electrons. The molecule has 26 heavy (non-hydrogen) atoms. The Balaban J connectivity index is 0.000000411. The van der Waals surface area contributed by atoms with Crippen LogP contribution in [-0.2, 0) is 30.3 Å². The molecule has 1 aliphatic heterocycles. The molecule has 0 saturated carbocycles. The van der Waals surface area contributed by atoms with E-state index in [1.165, 1.54) is 18.1 Å². The number of nitrogens with one attached hydrogen (secondary N) is 1. The number of anilines is 1. The number of hydrogen-bond acceptors (Lipinski definition) is 6. The van der Waals surface area contributed by atoms with E-state index in [4.69, 9.17) is 5.41 Å². The predicted molar refractivity (Wildman–Crippen MR) is 101 cm³/mol. The number of amides is 1. The van der Waals surface area contributed by atoms with Crippen LogP contribution in [-0.4, -0.2) is 44.3 Å². The molecule has 0 atom stereocenters. The third-order valence-corrected chi connectivity index (χ3v) is 3.34. The van der Waals surface area contributed by atoms with Crippen LogP contribution in [0, 0.1) is 12.3 Å². The molecule has 2 rings (SSSR count). The first-order valence-electron chi connectivity index (χ1n) is 8.43. The van der Waals surface area contributed by atoms with Gasteiger partial charge in [-0.25, -0.2) is 4.79 Å². The summed E-state index contributed by atoms with van der Waals surface area (Å²) >= 11 is 0. The second-order valence-corrected chi connectivity index (χ2v) is 5.41. The van der Waals surface area contributed by atoms with Gasteiger partial charge < -0.3 is 19.8 Å². The molecule has 1 aromatic carbocycles. The molecule has 0 spiro atoms. The van der Waals surface area contributed by atoms with E-state index in [1.807, 2.05) is 14.0 Å². The molecule has 1 heterocycles. The minimum absolute atomic E-state index is 0.211. The fraction of sp³-hybridized carbons (Fsp3) is 0.474. The molecule has 0 saturated heterocycles. The number of benzene rings is 1. The second-order valence-electron chi connectivity index (χ2n) is 5.41. The number of hydrogen-bond donors (Lipinski definition) is 1. The minimum atomic E-state index is -0.581. The zero-order valence-corrected chi connectivity index (χ0v) is 16.1. The van der Waals surface area contributed by atoms with Crippen LogP contribution in [0.2, 0.25) is 0 Å². The van der Waals surface area contributed by atoms with Gasteiger partial charge in [0.1, 0.15) is 6.21 Å². The Kier molecular flexibility index (Phi) is 11.3. The van der Waals surface area contributed by atoms with Gasteiger partial charge in [-0.05, 0) is 44.4 Å². The first kappa shape index (κ1) is 23.3. The molecular formula is C19H28N2O5. The number of carbonyl (C=O) groups excluding carboxylic acids is 3. The lowest BCUT2D eigenvalue weighted by Crippen LogP contribution is -2.31. The number of rotatable bonds is 3. The summed E-state index contributed by atoms with van der Waals surface area (Å²) < 4.78 is 8.71. The summed E-state index contributed by atoms with van der Waals surface area (Å²) in [5.74, 6) is -0.571. The average molecular weight is 364 g/mol. The van der Waals surface area contributed by atoms with Crippen molar-refractivity contribution in [2.24, 2.45) is 0 Å². The van der Waals surface area contributed by atoms with Crippen LogP contribution >= 0.6 is 0 Å². The molecule has 1 aromatic rings. The SMILES string of the molecule is CCOC(=O)C=N.CCOC(C)=O.Cc1ccc2c(c1)N(C)C(=O)CC2. The number of fused-ring (bicyclic) bond motifs is 1. The lowest BCUT2D eigenvalue weighted by atomic mass is 10.00. The molecule has 0 fully saturated rings. The van der Waals surface area contributed by atoms with E-state index in [0.29, 0.717) is 25.8 Å². The van der Waals surface area contributed by atoms with Gasteiger partial charge in [0.05, 0.1) is 13.2 Å². The first-order chi connectivity index (χ1) is 12.3. The van der Waals surface area contributed by atoms with Crippen LogP contribution in [0.4, 0.5) is 5.69 Å². The average Bonchev–Trinajstić information content (AvgIpc) is 2.60. The number of ether oxygens (including phenoxy) is 2. The van der Waals surface area contributed by atoms with Gasteiger partial charge in [-0.1, -0.05) is 12.1 Å². The summed E-state index contributed by atoms with van der Waals surface area (Å²) in [6, 6.07) is 6.29. The summed E-state index contributed by atoms with van der Waals surface area (Å²) in [7, 11) is 1.85. The normalized spacial score (nSPS) is 11.7. The van der Waals surface area contributed by atoms with Crippen LogP contribution in [0.3, 0.4) is 0 Å². The van der Waals surface area contributed by atoms with Gasteiger partial charge >= 0.3 is 11.9 Å². The zero-order chi connectivity index (χ0) is 20.1. The summed E-state index contributed by atoms with van der Waals surface area (Å²) in [5.41, 5.74) is 3.57. The van der Waals surface area contributed by atoms with Gasteiger partial charge in [0, 0.05) is 26.1 Å². The standard InChI is InChI=1S/C11H13NO.C4H7NO2.C4H8O2/c1-8-3-4-9-5-6-11(13)12(2)10(9)7-8;1-2-7-4(6)3-5;1-3-6-4(2)5/h3-4,7H,5-6H2,1-2H3;3,5H,2H2,1H3;3H2,1-2H3.